The molecule has 2 rings (SSSR count). The minimum absolute atomic E-state index is 0.120. The number of nitrogens with zero attached hydrogens (tertiary/aromatic N) is 1. The Balaban J connectivity index is 1.74. The lowest BCUT2D eigenvalue weighted by molar-refractivity contribution is -0.130. The van der Waals surface area contributed by atoms with Crippen molar-refractivity contribution in [2.45, 2.75) is 12.8 Å². The number of primary sulfonamides is 1. The van der Waals surface area contributed by atoms with Gasteiger partial charge in [0.05, 0.1) is 5.75 Å². The predicted molar refractivity (Wildman–Crippen MR) is 86.0 cm³/mol. The second-order valence-electron chi connectivity index (χ2n) is 5.84. The fourth-order valence-corrected chi connectivity index (χ4v) is 3.60. The van der Waals surface area contributed by atoms with Gasteiger partial charge in [0.2, 0.25) is 15.9 Å². The molecular weight excluding hydrogens is 337 g/mol. The first kappa shape index (κ1) is 18.3. The van der Waals surface area contributed by atoms with Crippen LogP contribution in [0, 0.1) is 11.7 Å². The molecule has 7 nitrogen and oxygen atoms in total. The first-order valence-electron chi connectivity index (χ1n) is 7.56. The van der Waals surface area contributed by atoms with Crippen molar-refractivity contribution in [1.82, 2.24) is 10.2 Å². The monoisotopic (exact) mass is 357 g/mol. The molecule has 1 heterocycles. The van der Waals surface area contributed by atoms with Crippen molar-refractivity contribution in [3.8, 4) is 0 Å². The van der Waals surface area contributed by atoms with Gasteiger partial charge in [0, 0.05) is 31.6 Å². The van der Waals surface area contributed by atoms with Crippen LogP contribution in [0.25, 0.3) is 0 Å². The molecule has 1 aromatic rings. The summed E-state index contributed by atoms with van der Waals surface area (Å²) in [7, 11) is -3.54. The van der Waals surface area contributed by atoms with Crippen LogP contribution in [0.1, 0.15) is 23.2 Å². The van der Waals surface area contributed by atoms with Crippen molar-refractivity contribution in [2.24, 2.45) is 11.1 Å². The van der Waals surface area contributed by atoms with Gasteiger partial charge < -0.3 is 10.2 Å². The summed E-state index contributed by atoms with van der Waals surface area (Å²) in [4.78, 5) is 25.5. The first-order chi connectivity index (χ1) is 11.2. The van der Waals surface area contributed by atoms with Gasteiger partial charge in [0.15, 0.2) is 0 Å². The summed E-state index contributed by atoms with van der Waals surface area (Å²) in [5.74, 6) is -1.22. The standard InChI is InChI=1S/C15H20FN3O4S/c16-13-3-1-12(2-4-13)15(21)18-7-5-14(20)19-8-6-11(9-19)10-24(17,22)23/h1-4,11H,5-10H2,(H,18,21)(H2,17,22,23). The summed E-state index contributed by atoms with van der Waals surface area (Å²) in [5, 5.41) is 7.61. The Bertz CT molecular complexity index is 706. The molecule has 0 aliphatic carbocycles. The van der Waals surface area contributed by atoms with Crippen molar-refractivity contribution >= 4 is 21.8 Å². The molecule has 2 amide bonds. The quantitative estimate of drug-likeness (QED) is 0.751. The van der Waals surface area contributed by atoms with E-state index < -0.39 is 15.8 Å². The van der Waals surface area contributed by atoms with E-state index in [2.05, 4.69) is 5.32 Å². The fourth-order valence-electron chi connectivity index (χ4n) is 2.67. The molecule has 1 aromatic carbocycles. The van der Waals surface area contributed by atoms with Crippen LogP contribution in [0.2, 0.25) is 0 Å². The van der Waals surface area contributed by atoms with Crippen molar-refractivity contribution in [1.29, 1.82) is 0 Å². The smallest absolute Gasteiger partial charge is 0.251 e. The van der Waals surface area contributed by atoms with E-state index in [1.165, 1.54) is 24.3 Å². The minimum atomic E-state index is -3.54. The summed E-state index contributed by atoms with van der Waals surface area (Å²) in [6, 6.07) is 5.11. The highest BCUT2D eigenvalue weighted by molar-refractivity contribution is 7.89. The third kappa shape index (κ3) is 5.57. The molecule has 3 N–H and O–H groups in total. The molecule has 1 fully saturated rings. The first-order valence-corrected chi connectivity index (χ1v) is 9.28. The Morgan fingerprint density at radius 1 is 1.29 bits per heavy atom. The van der Waals surface area contributed by atoms with Gasteiger partial charge >= 0.3 is 0 Å². The van der Waals surface area contributed by atoms with Crippen LogP contribution in [0.4, 0.5) is 4.39 Å². The summed E-state index contributed by atoms with van der Waals surface area (Å²) >= 11 is 0. The Morgan fingerprint density at radius 3 is 2.58 bits per heavy atom. The van der Waals surface area contributed by atoms with E-state index in [1.54, 1.807) is 4.90 Å². The number of carbonyl (C=O) groups is 2. The molecule has 0 spiro atoms. The average molecular weight is 357 g/mol. The number of halogens is 1. The van der Waals surface area contributed by atoms with Crippen LogP contribution in [0.5, 0.6) is 0 Å². The van der Waals surface area contributed by atoms with Crippen LogP contribution in [0.15, 0.2) is 24.3 Å². The lowest BCUT2D eigenvalue weighted by Crippen LogP contribution is -2.34. The second-order valence-corrected chi connectivity index (χ2v) is 7.50. The molecule has 1 saturated heterocycles. The van der Waals surface area contributed by atoms with Crippen LogP contribution in [-0.4, -0.2) is 50.5 Å². The van der Waals surface area contributed by atoms with Crippen LogP contribution in [0.3, 0.4) is 0 Å². The van der Waals surface area contributed by atoms with E-state index in [0.717, 1.165) is 0 Å². The number of rotatable bonds is 6. The molecule has 1 atom stereocenters. The number of carbonyl (C=O) groups excluding carboxylic acids is 2. The lowest BCUT2D eigenvalue weighted by atomic mass is 10.2. The highest BCUT2D eigenvalue weighted by Gasteiger charge is 2.28. The van der Waals surface area contributed by atoms with Gasteiger partial charge in [0.1, 0.15) is 5.82 Å². The van der Waals surface area contributed by atoms with E-state index >= 15 is 0 Å². The number of hydrogen-bond donors (Lipinski definition) is 2. The van der Waals surface area contributed by atoms with Crippen LogP contribution >= 0.6 is 0 Å². The SMILES string of the molecule is NS(=O)(=O)CC1CCN(C(=O)CCNC(=O)c2ccc(F)cc2)C1. The molecule has 1 unspecified atom stereocenters. The molecule has 0 radical (unpaired) electrons. The maximum atomic E-state index is 12.8. The third-order valence-electron chi connectivity index (χ3n) is 3.84. The van der Waals surface area contributed by atoms with E-state index in [9.17, 15) is 22.4 Å². The van der Waals surface area contributed by atoms with Crippen LogP contribution in [-0.2, 0) is 14.8 Å². The van der Waals surface area contributed by atoms with Gasteiger partial charge in [-0.25, -0.2) is 17.9 Å². The highest BCUT2D eigenvalue weighted by atomic mass is 32.2. The van der Waals surface area contributed by atoms with E-state index in [-0.39, 0.29) is 36.5 Å². The average Bonchev–Trinajstić information content (AvgIpc) is 2.94. The van der Waals surface area contributed by atoms with Gasteiger partial charge in [-0.15, -0.1) is 0 Å². The predicted octanol–water partition coefficient (Wildman–Crippen LogP) is 0.0826. The van der Waals surface area contributed by atoms with Gasteiger partial charge in [-0.1, -0.05) is 0 Å². The van der Waals surface area contributed by atoms with E-state index in [0.29, 0.717) is 25.1 Å². The zero-order valence-electron chi connectivity index (χ0n) is 13.1. The summed E-state index contributed by atoms with van der Waals surface area (Å²) in [6.45, 7) is 1.01. The number of likely N-dealkylation sites (tertiary alicyclic amines) is 1. The largest absolute Gasteiger partial charge is 0.352 e. The molecule has 132 valence electrons. The zero-order chi connectivity index (χ0) is 17.7. The summed E-state index contributed by atoms with van der Waals surface area (Å²) < 4.78 is 34.9. The van der Waals surface area contributed by atoms with Gasteiger partial charge in [0.25, 0.3) is 5.91 Å². The van der Waals surface area contributed by atoms with E-state index in [1.807, 2.05) is 0 Å². The molecule has 0 bridgehead atoms. The maximum Gasteiger partial charge on any atom is 0.251 e. The highest BCUT2D eigenvalue weighted by Crippen LogP contribution is 2.18. The fraction of sp³-hybridized carbons (Fsp3) is 0.467. The molecule has 0 saturated carbocycles. The summed E-state index contributed by atoms with van der Waals surface area (Å²) in [6.07, 6.45) is 0.721. The van der Waals surface area contributed by atoms with Crippen molar-refractivity contribution < 1.29 is 22.4 Å². The number of hydrogen-bond acceptors (Lipinski definition) is 4. The number of sulfonamides is 1. The van der Waals surface area contributed by atoms with Crippen LogP contribution < -0.4 is 10.5 Å². The number of amides is 2. The zero-order valence-corrected chi connectivity index (χ0v) is 13.9. The van der Waals surface area contributed by atoms with Gasteiger partial charge in [-0.05, 0) is 36.6 Å². The lowest BCUT2D eigenvalue weighted by Gasteiger charge is -2.16. The Hall–Kier alpha value is -2.00. The molecule has 1 aliphatic heterocycles. The third-order valence-corrected chi connectivity index (χ3v) is 4.77. The maximum absolute atomic E-state index is 12.8. The van der Waals surface area contributed by atoms with Crippen molar-refractivity contribution in [2.75, 3.05) is 25.4 Å². The molecular formula is C15H20FN3O4S. The van der Waals surface area contributed by atoms with Gasteiger partial charge in [-0.3, -0.25) is 9.59 Å². The number of nitrogens with two attached hydrogens (primary N) is 1. The molecule has 1 aliphatic rings. The second kappa shape index (κ2) is 7.71. The minimum Gasteiger partial charge on any atom is -0.352 e. The molecule has 24 heavy (non-hydrogen) atoms. The summed E-state index contributed by atoms with van der Waals surface area (Å²) in [5.41, 5.74) is 0.318. The van der Waals surface area contributed by atoms with E-state index in [4.69, 9.17) is 5.14 Å². The normalized spacial score (nSPS) is 17.8. The van der Waals surface area contributed by atoms with Gasteiger partial charge in [-0.2, -0.15) is 0 Å². The van der Waals surface area contributed by atoms with Crippen molar-refractivity contribution in [3.63, 3.8) is 0 Å². The Kier molecular flexibility index (Phi) is 5.89. The molecule has 0 aromatic heterocycles. The Morgan fingerprint density at radius 2 is 1.96 bits per heavy atom. The molecule has 9 heteroatoms. The number of benzene rings is 1. The van der Waals surface area contributed by atoms with Crippen molar-refractivity contribution in [3.05, 3.63) is 35.6 Å². The Labute approximate surface area is 140 Å². The number of nitrogens with one attached hydrogen (secondary N) is 1. The topological polar surface area (TPSA) is 110 Å².